The molecule has 0 bridgehead atoms. The zero-order valence-electron chi connectivity index (χ0n) is 15.0. The molecule has 0 atom stereocenters. The lowest BCUT2D eigenvalue weighted by Crippen LogP contribution is -2.01. The van der Waals surface area contributed by atoms with Crippen LogP contribution in [-0.2, 0) is 9.84 Å². The van der Waals surface area contributed by atoms with Gasteiger partial charge >= 0.3 is 0 Å². The van der Waals surface area contributed by atoms with Gasteiger partial charge in [-0.1, -0.05) is 30.3 Å². The third kappa shape index (κ3) is 3.67. The van der Waals surface area contributed by atoms with Gasteiger partial charge in [0.2, 0.25) is 0 Å². The topological polar surface area (TPSA) is 95.1 Å². The molecule has 0 N–H and O–H groups in total. The first-order valence-electron chi connectivity index (χ1n) is 8.63. The van der Waals surface area contributed by atoms with Crippen molar-refractivity contribution in [1.82, 2.24) is 9.55 Å². The Hall–Kier alpha value is -2.65. The molecule has 1 fully saturated rings. The third-order valence-electron chi connectivity index (χ3n) is 4.50. The maximum atomic E-state index is 11.7. The molecule has 1 heterocycles. The minimum absolute atomic E-state index is 0.0703. The lowest BCUT2D eigenvalue weighted by atomic mass is 10.2. The SMILES string of the molecule is CS(=O)(=O)c1ccc(Sc2ncc(-c3ccccc3)n2C2CC2)c([N+](=O)[O-])c1. The molecule has 0 aliphatic heterocycles. The van der Waals surface area contributed by atoms with E-state index in [0.717, 1.165) is 36.4 Å². The van der Waals surface area contributed by atoms with Gasteiger partial charge in [-0.2, -0.15) is 0 Å². The van der Waals surface area contributed by atoms with Gasteiger partial charge < -0.3 is 4.57 Å². The van der Waals surface area contributed by atoms with E-state index in [4.69, 9.17) is 0 Å². The van der Waals surface area contributed by atoms with Crippen LogP contribution < -0.4 is 0 Å². The van der Waals surface area contributed by atoms with Crippen molar-refractivity contribution in [2.24, 2.45) is 0 Å². The normalized spacial score (nSPS) is 14.2. The minimum Gasteiger partial charge on any atom is -0.316 e. The van der Waals surface area contributed by atoms with Gasteiger partial charge in [-0.15, -0.1) is 0 Å². The van der Waals surface area contributed by atoms with Crippen molar-refractivity contribution >= 4 is 27.3 Å². The van der Waals surface area contributed by atoms with Gasteiger partial charge in [-0.3, -0.25) is 10.1 Å². The molecule has 9 heteroatoms. The van der Waals surface area contributed by atoms with Crippen LogP contribution in [0.2, 0.25) is 0 Å². The zero-order chi connectivity index (χ0) is 19.9. The first-order chi connectivity index (χ1) is 13.3. The number of aromatic nitrogens is 2. The molecule has 4 rings (SSSR count). The van der Waals surface area contributed by atoms with Crippen LogP contribution in [0.4, 0.5) is 5.69 Å². The van der Waals surface area contributed by atoms with Crippen LogP contribution in [0.15, 0.2) is 69.7 Å². The van der Waals surface area contributed by atoms with E-state index in [1.807, 2.05) is 30.3 Å². The number of nitro groups is 1. The van der Waals surface area contributed by atoms with Crippen molar-refractivity contribution in [2.75, 3.05) is 6.26 Å². The predicted octanol–water partition coefficient (Wildman–Crippen LogP) is 4.35. The summed E-state index contributed by atoms with van der Waals surface area (Å²) in [6.45, 7) is 0. The number of benzene rings is 2. The summed E-state index contributed by atoms with van der Waals surface area (Å²) in [5, 5.41) is 12.2. The summed E-state index contributed by atoms with van der Waals surface area (Å²) >= 11 is 1.19. The Morgan fingerprint density at radius 2 is 1.89 bits per heavy atom. The van der Waals surface area contributed by atoms with Crippen molar-refractivity contribution in [3.05, 3.63) is 64.8 Å². The molecule has 0 unspecified atom stereocenters. The van der Waals surface area contributed by atoms with Crippen molar-refractivity contribution < 1.29 is 13.3 Å². The Balaban J connectivity index is 1.76. The molecule has 1 aromatic heterocycles. The van der Waals surface area contributed by atoms with E-state index in [1.165, 1.54) is 23.9 Å². The highest BCUT2D eigenvalue weighted by atomic mass is 32.2. The quantitative estimate of drug-likeness (QED) is 0.439. The zero-order valence-corrected chi connectivity index (χ0v) is 16.6. The summed E-state index contributed by atoms with van der Waals surface area (Å²) in [5.41, 5.74) is 1.77. The maximum absolute atomic E-state index is 11.7. The van der Waals surface area contributed by atoms with Crippen molar-refractivity contribution in [2.45, 2.75) is 33.8 Å². The Bertz CT molecular complexity index is 1150. The van der Waals surface area contributed by atoms with Crippen LogP contribution in [0, 0.1) is 10.1 Å². The summed E-state index contributed by atoms with van der Waals surface area (Å²) in [7, 11) is -3.53. The largest absolute Gasteiger partial charge is 0.316 e. The molecule has 0 radical (unpaired) electrons. The fourth-order valence-corrected chi connectivity index (χ4v) is 4.65. The van der Waals surface area contributed by atoms with Gasteiger partial charge in [0.1, 0.15) is 0 Å². The highest BCUT2D eigenvalue weighted by Crippen LogP contribution is 2.44. The number of rotatable bonds is 6. The lowest BCUT2D eigenvalue weighted by molar-refractivity contribution is -0.388. The molecule has 28 heavy (non-hydrogen) atoms. The molecular formula is C19H17N3O4S2. The molecule has 1 saturated carbocycles. The fraction of sp³-hybridized carbons (Fsp3) is 0.211. The highest BCUT2D eigenvalue weighted by molar-refractivity contribution is 7.99. The number of hydrogen-bond donors (Lipinski definition) is 0. The van der Waals surface area contributed by atoms with E-state index in [0.29, 0.717) is 16.1 Å². The second-order valence-corrected chi connectivity index (χ2v) is 9.68. The first kappa shape index (κ1) is 18.7. The Labute approximate surface area is 166 Å². The van der Waals surface area contributed by atoms with Crippen LogP contribution in [0.5, 0.6) is 0 Å². The highest BCUT2D eigenvalue weighted by Gasteiger charge is 2.30. The number of imidazole rings is 1. The van der Waals surface area contributed by atoms with Crippen molar-refractivity contribution in [1.29, 1.82) is 0 Å². The van der Waals surface area contributed by atoms with Gasteiger partial charge in [0.15, 0.2) is 15.0 Å². The standard InChI is InChI=1S/C19H17N3O4S2/c1-28(25,26)15-9-10-18(16(11-15)22(23)24)27-19-20-12-17(21(19)14-7-8-14)13-5-3-2-4-6-13/h2-6,9-12,14H,7-8H2,1H3. The predicted molar refractivity (Wildman–Crippen MR) is 106 cm³/mol. The van der Waals surface area contributed by atoms with Crippen LogP contribution >= 0.6 is 11.8 Å². The first-order valence-corrected chi connectivity index (χ1v) is 11.3. The number of nitrogens with zero attached hydrogens (tertiary/aromatic N) is 3. The molecule has 1 aliphatic carbocycles. The molecule has 0 spiro atoms. The Morgan fingerprint density at radius 1 is 1.18 bits per heavy atom. The summed E-state index contributed by atoms with van der Waals surface area (Å²) in [4.78, 5) is 15.8. The number of nitro benzene ring substituents is 1. The molecule has 2 aromatic carbocycles. The van der Waals surface area contributed by atoms with Crippen LogP contribution in [0.25, 0.3) is 11.3 Å². The number of sulfone groups is 1. The van der Waals surface area contributed by atoms with E-state index in [2.05, 4.69) is 9.55 Å². The fourth-order valence-electron chi connectivity index (χ4n) is 2.98. The summed E-state index contributed by atoms with van der Waals surface area (Å²) < 4.78 is 25.6. The van der Waals surface area contributed by atoms with Gasteiger partial charge in [-0.25, -0.2) is 13.4 Å². The van der Waals surface area contributed by atoms with Crippen LogP contribution in [0.1, 0.15) is 18.9 Å². The van der Waals surface area contributed by atoms with Gasteiger partial charge in [0.25, 0.3) is 5.69 Å². The molecule has 1 aliphatic rings. The minimum atomic E-state index is -3.53. The summed E-state index contributed by atoms with van der Waals surface area (Å²) in [6.07, 6.45) is 4.90. The van der Waals surface area contributed by atoms with Gasteiger partial charge in [0.05, 0.1) is 26.6 Å². The second kappa shape index (κ2) is 7.06. The van der Waals surface area contributed by atoms with Crippen LogP contribution in [0.3, 0.4) is 0 Å². The molecule has 3 aromatic rings. The van der Waals surface area contributed by atoms with E-state index in [9.17, 15) is 18.5 Å². The summed E-state index contributed by atoms with van der Waals surface area (Å²) in [5.74, 6) is 0. The van der Waals surface area contributed by atoms with E-state index in [1.54, 1.807) is 6.20 Å². The Kier molecular flexibility index (Phi) is 4.72. The maximum Gasteiger partial charge on any atom is 0.284 e. The molecule has 0 amide bonds. The lowest BCUT2D eigenvalue weighted by Gasteiger charge is -2.11. The van der Waals surface area contributed by atoms with Gasteiger partial charge in [0, 0.05) is 18.4 Å². The Morgan fingerprint density at radius 3 is 2.50 bits per heavy atom. The van der Waals surface area contributed by atoms with E-state index in [-0.39, 0.29) is 10.6 Å². The van der Waals surface area contributed by atoms with Crippen molar-refractivity contribution in [3.63, 3.8) is 0 Å². The number of hydrogen-bond acceptors (Lipinski definition) is 6. The molecule has 0 saturated heterocycles. The van der Waals surface area contributed by atoms with Gasteiger partial charge in [-0.05, 0) is 42.3 Å². The third-order valence-corrected chi connectivity index (χ3v) is 6.66. The molecule has 7 nitrogen and oxygen atoms in total. The van der Waals surface area contributed by atoms with E-state index >= 15 is 0 Å². The second-order valence-electron chi connectivity index (χ2n) is 6.65. The van der Waals surface area contributed by atoms with E-state index < -0.39 is 14.8 Å². The molecular weight excluding hydrogens is 398 g/mol. The summed E-state index contributed by atoms with van der Waals surface area (Å²) in [6, 6.07) is 14.2. The smallest absolute Gasteiger partial charge is 0.284 e. The average Bonchev–Trinajstić information content (AvgIpc) is 3.42. The molecule has 144 valence electrons. The monoisotopic (exact) mass is 415 g/mol. The average molecular weight is 415 g/mol. The van der Waals surface area contributed by atoms with Crippen molar-refractivity contribution in [3.8, 4) is 11.3 Å². The van der Waals surface area contributed by atoms with Crippen LogP contribution in [-0.4, -0.2) is 29.1 Å².